The highest BCUT2D eigenvalue weighted by atomic mass is 32.2. The van der Waals surface area contributed by atoms with Gasteiger partial charge in [0.1, 0.15) is 12.6 Å². The van der Waals surface area contributed by atoms with Crippen LogP contribution >= 0.6 is 0 Å². The number of carbonyl (C=O) groups excluding carboxylic acids is 2. The Hall–Kier alpha value is -3.65. The molecular weight excluding hydrogens is 534 g/mol. The van der Waals surface area contributed by atoms with Crippen molar-refractivity contribution in [3.05, 3.63) is 101 Å². The number of nitrogens with zero attached hydrogens (tertiary/aromatic N) is 2. The van der Waals surface area contributed by atoms with E-state index in [1.165, 1.54) is 0 Å². The summed E-state index contributed by atoms with van der Waals surface area (Å²) in [5.74, 6) is -0.637. The lowest BCUT2D eigenvalue weighted by molar-refractivity contribution is -0.140. The van der Waals surface area contributed by atoms with Gasteiger partial charge in [-0.3, -0.25) is 13.9 Å². The predicted octanol–water partition coefficient (Wildman–Crippen LogP) is 5.08. The molecule has 7 nitrogen and oxygen atoms in total. The number of anilines is 1. The molecule has 1 aliphatic carbocycles. The monoisotopic (exact) mass is 575 g/mol. The maximum absolute atomic E-state index is 14.3. The molecule has 1 aliphatic rings. The lowest BCUT2D eigenvalue weighted by Crippen LogP contribution is -2.54. The molecule has 0 unspecified atom stereocenters. The summed E-state index contributed by atoms with van der Waals surface area (Å²) in [6.07, 6.45) is 5.41. The van der Waals surface area contributed by atoms with Gasteiger partial charge in [-0.15, -0.1) is 0 Å². The summed E-state index contributed by atoms with van der Waals surface area (Å²) in [7, 11) is -3.81. The van der Waals surface area contributed by atoms with Gasteiger partial charge in [-0.05, 0) is 67.5 Å². The zero-order valence-corrected chi connectivity index (χ0v) is 25.3. The molecule has 1 N–H and O–H groups in total. The van der Waals surface area contributed by atoms with E-state index in [2.05, 4.69) is 5.32 Å². The van der Waals surface area contributed by atoms with Crippen LogP contribution < -0.4 is 9.62 Å². The summed E-state index contributed by atoms with van der Waals surface area (Å²) < 4.78 is 27.3. The average molecular weight is 576 g/mol. The first kappa shape index (κ1) is 30.3. The first-order chi connectivity index (χ1) is 19.5. The molecule has 0 aromatic heterocycles. The van der Waals surface area contributed by atoms with Crippen LogP contribution in [0.3, 0.4) is 0 Å². The van der Waals surface area contributed by atoms with E-state index in [1.54, 1.807) is 17.0 Å². The number of benzene rings is 3. The van der Waals surface area contributed by atoms with Crippen LogP contribution in [0.15, 0.2) is 72.8 Å². The van der Waals surface area contributed by atoms with Gasteiger partial charge in [0.15, 0.2) is 0 Å². The van der Waals surface area contributed by atoms with Crippen LogP contribution in [0.25, 0.3) is 0 Å². The fourth-order valence-electron chi connectivity index (χ4n) is 5.49. The zero-order chi connectivity index (χ0) is 29.6. The zero-order valence-electron chi connectivity index (χ0n) is 24.5. The summed E-state index contributed by atoms with van der Waals surface area (Å²) in [6.45, 7) is 5.52. The lowest BCUT2D eigenvalue weighted by atomic mass is 10.0. The van der Waals surface area contributed by atoms with Crippen molar-refractivity contribution >= 4 is 27.5 Å². The molecule has 3 aromatic rings. The van der Waals surface area contributed by atoms with Crippen molar-refractivity contribution in [2.24, 2.45) is 0 Å². The second-order valence-corrected chi connectivity index (χ2v) is 13.0. The first-order valence-electron chi connectivity index (χ1n) is 14.3. The highest BCUT2D eigenvalue weighted by Gasteiger charge is 2.34. The minimum atomic E-state index is -3.81. The minimum Gasteiger partial charge on any atom is -0.352 e. The van der Waals surface area contributed by atoms with Gasteiger partial charge in [0, 0.05) is 19.0 Å². The topological polar surface area (TPSA) is 86.8 Å². The van der Waals surface area contributed by atoms with E-state index in [1.807, 2.05) is 81.4 Å². The van der Waals surface area contributed by atoms with Gasteiger partial charge < -0.3 is 10.2 Å². The van der Waals surface area contributed by atoms with Crippen molar-refractivity contribution in [2.45, 2.75) is 71.5 Å². The van der Waals surface area contributed by atoms with Crippen LogP contribution in [0.5, 0.6) is 0 Å². The molecule has 1 saturated carbocycles. The number of aryl methyl sites for hydroxylation is 2. The molecule has 0 spiro atoms. The number of nitrogens with one attached hydrogen (secondary N) is 1. The third-order valence-electron chi connectivity index (χ3n) is 8.10. The van der Waals surface area contributed by atoms with Crippen molar-refractivity contribution < 1.29 is 18.0 Å². The third kappa shape index (κ3) is 7.76. The van der Waals surface area contributed by atoms with Crippen molar-refractivity contribution in [3.8, 4) is 0 Å². The van der Waals surface area contributed by atoms with E-state index in [4.69, 9.17) is 0 Å². The number of hydrogen-bond acceptors (Lipinski definition) is 4. The van der Waals surface area contributed by atoms with E-state index in [-0.39, 0.29) is 18.5 Å². The summed E-state index contributed by atoms with van der Waals surface area (Å²) >= 11 is 0. The maximum Gasteiger partial charge on any atom is 0.244 e. The van der Waals surface area contributed by atoms with Crippen LogP contribution in [0, 0.1) is 20.8 Å². The van der Waals surface area contributed by atoms with Crippen molar-refractivity contribution in [2.75, 3.05) is 17.1 Å². The van der Waals surface area contributed by atoms with E-state index in [0.29, 0.717) is 12.1 Å². The van der Waals surface area contributed by atoms with E-state index < -0.39 is 28.5 Å². The van der Waals surface area contributed by atoms with Gasteiger partial charge in [0.25, 0.3) is 0 Å². The first-order valence-corrected chi connectivity index (χ1v) is 16.1. The molecule has 0 radical (unpaired) electrons. The normalized spacial score (nSPS) is 14.4. The SMILES string of the molecule is Cc1ccccc1CN(C(=O)CN(c1cccc(C)c1C)S(C)(=O)=O)[C@H](Cc1ccccc1)C(=O)NC1CCCC1. The maximum atomic E-state index is 14.3. The molecule has 0 bridgehead atoms. The Morgan fingerprint density at radius 1 is 0.878 bits per heavy atom. The van der Waals surface area contributed by atoms with Gasteiger partial charge >= 0.3 is 0 Å². The molecule has 0 aliphatic heterocycles. The largest absolute Gasteiger partial charge is 0.352 e. The Balaban J connectivity index is 1.75. The average Bonchev–Trinajstić information content (AvgIpc) is 3.45. The summed E-state index contributed by atoms with van der Waals surface area (Å²) in [6, 6.07) is 22.1. The summed E-state index contributed by atoms with van der Waals surface area (Å²) in [5, 5.41) is 3.20. The van der Waals surface area contributed by atoms with Crippen LogP contribution in [0.4, 0.5) is 5.69 Å². The molecule has 41 heavy (non-hydrogen) atoms. The molecule has 1 fully saturated rings. The molecule has 1 atom stereocenters. The van der Waals surface area contributed by atoms with Gasteiger partial charge in [-0.2, -0.15) is 0 Å². The van der Waals surface area contributed by atoms with Crippen LogP contribution in [0.1, 0.15) is 53.5 Å². The van der Waals surface area contributed by atoms with Crippen LogP contribution in [-0.2, 0) is 32.6 Å². The fraction of sp³-hybridized carbons (Fsp3) is 0.394. The number of amides is 2. The standard InChI is InChI=1S/C33H41N3O4S/c1-24-14-12-20-30(26(24)3)36(41(4,39)40)23-32(37)35(22-28-17-9-8-13-25(28)2)31(21-27-15-6-5-7-16-27)33(38)34-29-18-10-11-19-29/h5-9,12-17,20,29,31H,10-11,18-19,21-23H2,1-4H3,(H,34,38)/t31-/m1/s1. The van der Waals surface area contributed by atoms with Crippen molar-refractivity contribution in [1.29, 1.82) is 0 Å². The molecular formula is C33H41N3O4S. The van der Waals surface area contributed by atoms with Gasteiger partial charge in [0.2, 0.25) is 21.8 Å². The van der Waals surface area contributed by atoms with Crippen molar-refractivity contribution in [3.63, 3.8) is 0 Å². The molecule has 4 rings (SSSR count). The third-order valence-corrected chi connectivity index (χ3v) is 9.22. The molecule has 2 amide bonds. The minimum absolute atomic E-state index is 0.0821. The Labute approximate surface area is 244 Å². The summed E-state index contributed by atoms with van der Waals surface area (Å²) in [5.41, 5.74) is 5.01. The van der Waals surface area contributed by atoms with E-state index >= 15 is 0 Å². The van der Waals surface area contributed by atoms with Crippen molar-refractivity contribution in [1.82, 2.24) is 10.2 Å². The van der Waals surface area contributed by atoms with Gasteiger partial charge in [-0.25, -0.2) is 8.42 Å². The second kappa shape index (κ2) is 13.3. The quantitative estimate of drug-likeness (QED) is 0.346. The smallest absolute Gasteiger partial charge is 0.244 e. The van der Waals surface area contributed by atoms with Gasteiger partial charge in [-0.1, -0.05) is 79.6 Å². The number of rotatable bonds is 11. The summed E-state index contributed by atoms with van der Waals surface area (Å²) in [4.78, 5) is 29.8. The number of sulfonamides is 1. The van der Waals surface area contributed by atoms with E-state index in [0.717, 1.165) is 64.1 Å². The number of carbonyl (C=O) groups is 2. The molecule has 3 aromatic carbocycles. The molecule has 0 saturated heterocycles. The van der Waals surface area contributed by atoms with Crippen LogP contribution in [-0.4, -0.2) is 50.0 Å². The predicted molar refractivity (Wildman–Crippen MR) is 164 cm³/mol. The fourth-order valence-corrected chi connectivity index (χ4v) is 6.39. The Bertz CT molecular complexity index is 1470. The highest BCUT2D eigenvalue weighted by molar-refractivity contribution is 7.92. The number of hydrogen-bond donors (Lipinski definition) is 1. The second-order valence-electron chi connectivity index (χ2n) is 11.1. The van der Waals surface area contributed by atoms with E-state index in [9.17, 15) is 18.0 Å². The Kier molecular flexibility index (Phi) is 9.86. The van der Waals surface area contributed by atoms with Gasteiger partial charge in [0.05, 0.1) is 11.9 Å². The lowest BCUT2D eigenvalue weighted by Gasteiger charge is -2.34. The highest BCUT2D eigenvalue weighted by Crippen LogP contribution is 2.26. The van der Waals surface area contributed by atoms with Crippen LogP contribution in [0.2, 0.25) is 0 Å². The molecule has 0 heterocycles. The molecule has 218 valence electrons. The Morgan fingerprint density at radius 3 is 2.17 bits per heavy atom. The Morgan fingerprint density at radius 2 is 1.51 bits per heavy atom. The molecule has 8 heteroatoms.